The van der Waals surface area contributed by atoms with E-state index < -0.39 is 5.41 Å². The van der Waals surface area contributed by atoms with Crippen LogP contribution in [0.4, 0.5) is 11.4 Å². The van der Waals surface area contributed by atoms with E-state index in [9.17, 15) is 14.4 Å². The standard InChI is InChI=1S/C33H47N5O4/c1-6-38-28-14-13-27(23-29(28)36(5)31(40)33(2,3)32(38)41)42-22-10-19-37(24-25-15-17-34-18-16-25)21-20-35(4)30(39)26-11-8-7-9-12-26/h13-18,23,26H,6-12,19-22,24H2,1-5H3. The molecule has 2 aliphatic rings. The third kappa shape index (κ3) is 7.30. The monoisotopic (exact) mass is 577 g/mol. The number of ether oxygens (including phenoxy) is 1. The van der Waals surface area contributed by atoms with E-state index in [0.29, 0.717) is 36.8 Å². The molecule has 0 bridgehead atoms. The SMILES string of the molecule is CCN1C(=O)C(C)(C)C(=O)N(C)c2cc(OCCCN(CCN(C)C(=O)C3CCCCC3)Cc3ccncc3)ccc21. The fourth-order valence-electron chi connectivity index (χ4n) is 6.03. The van der Waals surface area contributed by atoms with Crippen LogP contribution in [0.5, 0.6) is 5.75 Å². The van der Waals surface area contributed by atoms with Crippen LogP contribution in [0.3, 0.4) is 0 Å². The van der Waals surface area contributed by atoms with Crippen LogP contribution in [0.25, 0.3) is 0 Å². The molecule has 0 saturated heterocycles. The molecule has 0 unspecified atom stereocenters. The fraction of sp³-hybridized carbons (Fsp3) is 0.576. The predicted molar refractivity (Wildman–Crippen MR) is 165 cm³/mol. The number of aromatic nitrogens is 1. The van der Waals surface area contributed by atoms with Gasteiger partial charge in [-0.2, -0.15) is 0 Å². The average molecular weight is 578 g/mol. The van der Waals surface area contributed by atoms with Crippen LogP contribution in [-0.4, -0.2) is 79.4 Å². The van der Waals surface area contributed by atoms with Crippen molar-refractivity contribution in [2.24, 2.45) is 11.3 Å². The van der Waals surface area contributed by atoms with Gasteiger partial charge in [0, 0.05) is 71.2 Å². The molecule has 1 fully saturated rings. The van der Waals surface area contributed by atoms with E-state index in [4.69, 9.17) is 4.74 Å². The van der Waals surface area contributed by atoms with Crippen molar-refractivity contribution in [2.75, 3.05) is 56.7 Å². The summed E-state index contributed by atoms with van der Waals surface area (Å²) in [4.78, 5) is 50.9. The maximum atomic E-state index is 13.1. The van der Waals surface area contributed by atoms with Crippen LogP contribution in [0, 0.1) is 11.3 Å². The number of rotatable bonds is 12. The Kier molecular flexibility index (Phi) is 10.6. The molecule has 1 saturated carbocycles. The molecule has 1 aromatic heterocycles. The number of likely N-dealkylation sites (N-methyl/N-ethyl adjacent to an activating group) is 1. The lowest BCUT2D eigenvalue weighted by Crippen LogP contribution is -2.47. The molecule has 9 nitrogen and oxygen atoms in total. The molecule has 9 heteroatoms. The first-order chi connectivity index (χ1) is 20.1. The van der Waals surface area contributed by atoms with Gasteiger partial charge < -0.3 is 19.4 Å². The fourth-order valence-corrected chi connectivity index (χ4v) is 6.03. The predicted octanol–water partition coefficient (Wildman–Crippen LogP) is 4.75. The molecule has 0 radical (unpaired) electrons. The highest BCUT2D eigenvalue weighted by atomic mass is 16.5. The first-order valence-corrected chi connectivity index (χ1v) is 15.4. The third-order valence-corrected chi connectivity index (χ3v) is 8.66. The number of fused-ring (bicyclic) bond motifs is 1. The number of hydrogen-bond acceptors (Lipinski definition) is 6. The Hall–Kier alpha value is -3.46. The van der Waals surface area contributed by atoms with Gasteiger partial charge in [-0.25, -0.2) is 0 Å². The van der Waals surface area contributed by atoms with Crippen molar-refractivity contribution in [3.8, 4) is 5.75 Å². The zero-order valence-electron chi connectivity index (χ0n) is 26.0. The summed E-state index contributed by atoms with van der Waals surface area (Å²) in [5.74, 6) is 0.681. The highest BCUT2D eigenvalue weighted by molar-refractivity contribution is 6.20. The zero-order valence-corrected chi connectivity index (χ0v) is 26.0. The van der Waals surface area contributed by atoms with Crippen LogP contribution in [-0.2, 0) is 20.9 Å². The average Bonchev–Trinajstić information content (AvgIpc) is 3.06. The van der Waals surface area contributed by atoms with Crippen LogP contribution < -0.4 is 14.5 Å². The van der Waals surface area contributed by atoms with Crippen molar-refractivity contribution in [1.82, 2.24) is 14.8 Å². The van der Waals surface area contributed by atoms with Gasteiger partial charge in [-0.1, -0.05) is 19.3 Å². The number of hydrogen-bond donors (Lipinski definition) is 0. The molecule has 0 spiro atoms. The van der Waals surface area contributed by atoms with Gasteiger partial charge >= 0.3 is 0 Å². The van der Waals surface area contributed by atoms with E-state index in [1.165, 1.54) is 12.0 Å². The summed E-state index contributed by atoms with van der Waals surface area (Å²) < 4.78 is 6.15. The Morgan fingerprint density at radius 1 is 1.00 bits per heavy atom. The Morgan fingerprint density at radius 3 is 2.40 bits per heavy atom. The van der Waals surface area contributed by atoms with E-state index in [0.717, 1.165) is 51.7 Å². The summed E-state index contributed by atoms with van der Waals surface area (Å²) >= 11 is 0. The van der Waals surface area contributed by atoms with Crippen molar-refractivity contribution < 1.29 is 19.1 Å². The van der Waals surface area contributed by atoms with Crippen molar-refractivity contribution in [2.45, 2.75) is 65.8 Å². The second kappa shape index (κ2) is 14.1. The smallest absolute Gasteiger partial charge is 0.242 e. The lowest BCUT2D eigenvalue weighted by Gasteiger charge is -2.29. The van der Waals surface area contributed by atoms with Crippen LogP contribution in [0.1, 0.15) is 64.9 Å². The van der Waals surface area contributed by atoms with E-state index >= 15 is 0 Å². The van der Waals surface area contributed by atoms with Gasteiger partial charge in [0.05, 0.1) is 18.0 Å². The van der Waals surface area contributed by atoms with Gasteiger partial charge in [0.1, 0.15) is 11.2 Å². The Labute approximate surface area is 250 Å². The Morgan fingerprint density at radius 2 is 1.71 bits per heavy atom. The molecule has 0 atom stereocenters. The highest BCUT2D eigenvalue weighted by Gasteiger charge is 2.45. The topological polar surface area (TPSA) is 86.3 Å². The number of pyridine rings is 1. The number of anilines is 2. The molecular formula is C33H47N5O4. The summed E-state index contributed by atoms with van der Waals surface area (Å²) in [5, 5.41) is 0. The number of carbonyl (C=O) groups excluding carboxylic acids is 3. The summed E-state index contributed by atoms with van der Waals surface area (Å²) in [5.41, 5.74) is 1.43. The molecule has 4 rings (SSSR count). The summed E-state index contributed by atoms with van der Waals surface area (Å²) in [6.07, 6.45) is 9.99. The van der Waals surface area contributed by atoms with Crippen molar-refractivity contribution in [3.05, 3.63) is 48.3 Å². The van der Waals surface area contributed by atoms with Crippen molar-refractivity contribution >= 4 is 29.1 Å². The first-order valence-electron chi connectivity index (χ1n) is 15.4. The number of benzene rings is 1. The van der Waals surface area contributed by atoms with Crippen LogP contribution >= 0.6 is 0 Å². The summed E-state index contributed by atoms with van der Waals surface area (Å²) in [6.45, 7) is 9.31. The van der Waals surface area contributed by atoms with Gasteiger partial charge in [0.25, 0.3) is 0 Å². The first kappa shape index (κ1) is 31.5. The van der Waals surface area contributed by atoms with Crippen LogP contribution in [0.15, 0.2) is 42.7 Å². The highest BCUT2D eigenvalue weighted by Crippen LogP contribution is 2.40. The minimum absolute atomic E-state index is 0.176. The molecule has 3 amide bonds. The van der Waals surface area contributed by atoms with E-state index in [-0.39, 0.29) is 23.6 Å². The van der Waals surface area contributed by atoms with E-state index in [1.54, 1.807) is 30.7 Å². The van der Waals surface area contributed by atoms with Gasteiger partial charge in [0.2, 0.25) is 17.7 Å². The molecule has 42 heavy (non-hydrogen) atoms. The number of nitrogens with zero attached hydrogens (tertiary/aromatic N) is 5. The molecule has 2 heterocycles. The third-order valence-electron chi connectivity index (χ3n) is 8.66. The second-order valence-corrected chi connectivity index (χ2v) is 12.1. The molecule has 1 aliphatic carbocycles. The van der Waals surface area contributed by atoms with Gasteiger partial charge in [0.15, 0.2) is 0 Å². The zero-order chi connectivity index (χ0) is 30.3. The molecule has 1 aromatic carbocycles. The minimum atomic E-state index is -1.14. The molecule has 2 aromatic rings. The lowest BCUT2D eigenvalue weighted by molar-refractivity contribution is -0.138. The normalized spacial score (nSPS) is 17.3. The van der Waals surface area contributed by atoms with Crippen molar-refractivity contribution in [3.63, 3.8) is 0 Å². The maximum absolute atomic E-state index is 13.1. The quantitative estimate of drug-likeness (QED) is 0.267. The lowest BCUT2D eigenvalue weighted by atomic mass is 9.88. The van der Waals surface area contributed by atoms with Gasteiger partial charge in [-0.05, 0) is 69.9 Å². The molecular weight excluding hydrogens is 530 g/mol. The van der Waals surface area contributed by atoms with Crippen molar-refractivity contribution in [1.29, 1.82) is 0 Å². The Balaban J connectivity index is 1.36. The number of amides is 3. The molecule has 1 aliphatic heterocycles. The van der Waals surface area contributed by atoms with Gasteiger partial charge in [-0.15, -0.1) is 0 Å². The Bertz CT molecular complexity index is 1230. The van der Waals surface area contributed by atoms with E-state index in [1.807, 2.05) is 61.6 Å². The van der Waals surface area contributed by atoms with E-state index in [2.05, 4.69) is 9.88 Å². The van der Waals surface area contributed by atoms with Crippen LogP contribution in [0.2, 0.25) is 0 Å². The number of carbonyl (C=O) groups is 3. The largest absolute Gasteiger partial charge is 0.493 e. The molecule has 228 valence electrons. The maximum Gasteiger partial charge on any atom is 0.242 e. The summed E-state index contributed by atoms with van der Waals surface area (Å²) in [7, 11) is 3.64. The summed E-state index contributed by atoms with van der Waals surface area (Å²) in [6, 6.07) is 9.64. The second-order valence-electron chi connectivity index (χ2n) is 12.1. The van der Waals surface area contributed by atoms with Gasteiger partial charge in [-0.3, -0.25) is 24.3 Å². The minimum Gasteiger partial charge on any atom is -0.493 e. The molecule has 0 N–H and O–H groups in total.